The maximum atomic E-state index is 11.8. The number of benzene rings is 1. The molecule has 1 aromatic carbocycles. The van der Waals surface area contributed by atoms with Gasteiger partial charge in [0.25, 0.3) is 11.5 Å². The third-order valence-corrected chi connectivity index (χ3v) is 3.23. The number of carbonyl (C=O) groups is 1. The molecule has 0 aliphatic carbocycles. The van der Waals surface area contributed by atoms with Gasteiger partial charge in [0.15, 0.2) is 0 Å². The lowest BCUT2D eigenvalue weighted by molar-refractivity contribution is 0.0949. The van der Waals surface area contributed by atoms with Gasteiger partial charge in [0.2, 0.25) is 0 Å². The van der Waals surface area contributed by atoms with Gasteiger partial charge in [0, 0.05) is 17.2 Å². The summed E-state index contributed by atoms with van der Waals surface area (Å²) in [5, 5.41) is 2.61. The van der Waals surface area contributed by atoms with Gasteiger partial charge in [0.1, 0.15) is 5.56 Å². The van der Waals surface area contributed by atoms with Crippen molar-refractivity contribution in [3.05, 3.63) is 66.9 Å². The van der Waals surface area contributed by atoms with Crippen molar-refractivity contribution in [3.8, 4) is 0 Å². The van der Waals surface area contributed by atoms with Crippen LogP contribution in [0.15, 0.2) is 44.5 Å². The third-order valence-electron chi connectivity index (χ3n) is 2.46. The van der Waals surface area contributed by atoms with Crippen LogP contribution in [0.5, 0.6) is 0 Å². The summed E-state index contributed by atoms with van der Waals surface area (Å²) in [5.74, 6) is -0.548. The molecule has 1 amide bonds. The molecule has 0 saturated heterocycles. The number of hydrogen-bond donors (Lipinski definition) is 3. The summed E-state index contributed by atoms with van der Waals surface area (Å²) in [6, 6.07) is 7.41. The van der Waals surface area contributed by atoms with E-state index < -0.39 is 17.2 Å². The summed E-state index contributed by atoms with van der Waals surface area (Å²) in [6.45, 7) is 0.277. The summed E-state index contributed by atoms with van der Waals surface area (Å²) in [4.78, 5) is 38.3. The van der Waals surface area contributed by atoms with Gasteiger partial charge in [-0.25, -0.2) is 4.79 Å². The highest BCUT2D eigenvalue weighted by molar-refractivity contribution is 9.10. The first kappa shape index (κ1) is 13.3. The standard InChI is InChI=1S/C12H10BrN3O3/c13-9-4-2-1-3-7(9)5-14-10(17)8-6-15-12(19)16-11(8)18/h1-4,6H,5H2,(H,14,17)(H2,15,16,18,19). The fourth-order valence-corrected chi connectivity index (χ4v) is 1.92. The number of amides is 1. The molecule has 0 fully saturated rings. The Labute approximate surface area is 116 Å². The van der Waals surface area contributed by atoms with Crippen LogP contribution in [0.4, 0.5) is 0 Å². The van der Waals surface area contributed by atoms with Crippen molar-refractivity contribution >= 4 is 21.8 Å². The number of aromatic amines is 2. The van der Waals surface area contributed by atoms with Gasteiger partial charge in [0.05, 0.1) is 0 Å². The van der Waals surface area contributed by atoms with Crippen LogP contribution < -0.4 is 16.6 Å². The maximum absolute atomic E-state index is 11.8. The van der Waals surface area contributed by atoms with E-state index in [9.17, 15) is 14.4 Å². The Morgan fingerprint density at radius 3 is 2.68 bits per heavy atom. The average molecular weight is 324 g/mol. The van der Waals surface area contributed by atoms with Crippen molar-refractivity contribution in [1.82, 2.24) is 15.3 Å². The topological polar surface area (TPSA) is 94.8 Å². The molecular weight excluding hydrogens is 314 g/mol. The minimum absolute atomic E-state index is 0.133. The highest BCUT2D eigenvalue weighted by Gasteiger charge is 2.10. The van der Waals surface area contributed by atoms with Crippen molar-refractivity contribution in [2.24, 2.45) is 0 Å². The van der Waals surface area contributed by atoms with E-state index in [1.165, 1.54) is 0 Å². The molecule has 0 radical (unpaired) electrons. The Bertz CT molecular complexity index is 720. The normalized spacial score (nSPS) is 10.2. The van der Waals surface area contributed by atoms with Gasteiger partial charge >= 0.3 is 5.69 Å². The molecule has 2 aromatic rings. The van der Waals surface area contributed by atoms with Crippen molar-refractivity contribution < 1.29 is 4.79 Å². The molecule has 0 aliphatic rings. The predicted octanol–water partition coefficient (Wildman–Crippen LogP) is 0.756. The van der Waals surface area contributed by atoms with E-state index in [0.717, 1.165) is 16.2 Å². The van der Waals surface area contributed by atoms with E-state index in [1.54, 1.807) is 0 Å². The Morgan fingerprint density at radius 1 is 1.26 bits per heavy atom. The molecule has 0 aliphatic heterocycles. The molecular formula is C12H10BrN3O3. The van der Waals surface area contributed by atoms with E-state index in [0.29, 0.717) is 0 Å². The Hall–Kier alpha value is -2.15. The zero-order valence-electron chi connectivity index (χ0n) is 9.70. The lowest BCUT2D eigenvalue weighted by Crippen LogP contribution is -2.33. The number of carbonyl (C=O) groups excluding carboxylic acids is 1. The molecule has 0 saturated carbocycles. The van der Waals surface area contributed by atoms with Crippen LogP contribution in [-0.2, 0) is 6.54 Å². The quantitative estimate of drug-likeness (QED) is 0.778. The van der Waals surface area contributed by atoms with Gasteiger partial charge in [-0.3, -0.25) is 14.6 Å². The summed E-state index contributed by atoms with van der Waals surface area (Å²) >= 11 is 3.36. The third kappa shape index (κ3) is 3.19. The molecule has 1 heterocycles. The van der Waals surface area contributed by atoms with Crippen LogP contribution in [-0.4, -0.2) is 15.9 Å². The second kappa shape index (κ2) is 5.66. The molecule has 6 nitrogen and oxygen atoms in total. The number of H-pyrrole nitrogens is 2. The van der Waals surface area contributed by atoms with Crippen LogP contribution in [0.3, 0.4) is 0 Å². The van der Waals surface area contributed by atoms with E-state index in [1.807, 2.05) is 29.2 Å². The zero-order valence-corrected chi connectivity index (χ0v) is 11.3. The van der Waals surface area contributed by atoms with Gasteiger partial charge in [-0.2, -0.15) is 0 Å². The second-order valence-corrected chi connectivity index (χ2v) is 4.61. The minimum atomic E-state index is -0.714. The largest absolute Gasteiger partial charge is 0.348 e. The van der Waals surface area contributed by atoms with Crippen molar-refractivity contribution in [2.45, 2.75) is 6.54 Å². The Morgan fingerprint density at radius 2 is 2.00 bits per heavy atom. The molecule has 3 N–H and O–H groups in total. The number of halogens is 1. The monoisotopic (exact) mass is 323 g/mol. The molecule has 1 aromatic heterocycles. The average Bonchev–Trinajstić information content (AvgIpc) is 2.37. The summed E-state index contributed by atoms with van der Waals surface area (Å²) < 4.78 is 0.866. The van der Waals surface area contributed by atoms with Crippen LogP contribution in [0.25, 0.3) is 0 Å². The second-order valence-electron chi connectivity index (χ2n) is 3.76. The van der Waals surface area contributed by atoms with Crippen LogP contribution >= 0.6 is 15.9 Å². The highest BCUT2D eigenvalue weighted by atomic mass is 79.9. The molecule has 98 valence electrons. The SMILES string of the molecule is O=C(NCc1ccccc1Br)c1c[nH]c(=O)[nH]c1=O. The van der Waals surface area contributed by atoms with Crippen LogP contribution in [0.2, 0.25) is 0 Å². The molecule has 0 unspecified atom stereocenters. The van der Waals surface area contributed by atoms with Gasteiger partial charge in [-0.15, -0.1) is 0 Å². The first-order valence-electron chi connectivity index (χ1n) is 5.41. The number of hydrogen-bond acceptors (Lipinski definition) is 3. The van der Waals surface area contributed by atoms with Crippen LogP contribution in [0, 0.1) is 0 Å². The molecule has 2 rings (SSSR count). The Kier molecular flexibility index (Phi) is 3.96. The number of nitrogens with one attached hydrogen (secondary N) is 3. The van der Waals surface area contributed by atoms with E-state index in [4.69, 9.17) is 0 Å². The predicted molar refractivity (Wildman–Crippen MR) is 73.0 cm³/mol. The summed E-state index contributed by atoms with van der Waals surface area (Å²) in [5.41, 5.74) is -0.607. The van der Waals surface area contributed by atoms with Crippen molar-refractivity contribution in [2.75, 3.05) is 0 Å². The Balaban J connectivity index is 2.12. The van der Waals surface area contributed by atoms with E-state index >= 15 is 0 Å². The van der Waals surface area contributed by atoms with E-state index in [-0.39, 0.29) is 12.1 Å². The molecule has 7 heteroatoms. The molecule has 19 heavy (non-hydrogen) atoms. The molecule has 0 spiro atoms. The molecule has 0 atom stereocenters. The fraction of sp³-hybridized carbons (Fsp3) is 0.0833. The summed E-state index contributed by atoms with van der Waals surface area (Å²) in [6.07, 6.45) is 1.09. The van der Waals surface area contributed by atoms with E-state index in [2.05, 4.69) is 26.2 Å². The maximum Gasteiger partial charge on any atom is 0.325 e. The lowest BCUT2D eigenvalue weighted by atomic mass is 10.2. The van der Waals surface area contributed by atoms with Gasteiger partial charge < -0.3 is 10.3 Å². The van der Waals surface area contributed by atoms with Crippen LogP contribution in [0.1, 0.15) is 15.9 Å². The first-order valence-corrected chi connectivity index (χ1v) is 6.21. The smallest absolute Gasteiger partial charge is 0.325 e. The van der Waals surface area contributed by atoms with Gasteiger partial charge in [-0.05, 0) is 11.6 Å². The summed E-state index contributed by atoms with van der Waals surface area (Å²) in [7, 11) is 0. The number of rotatable bonds is 3. The van der Waals surface area contributed by atoms with Crippen molar-refractivity contribution in [1.29, 1.82) is 0 Å². The van der Waals surface area contributed by atoms with Crippen molar-refractivity contribution in [3.63, 3.8) is 0 Å². The zero-order chi connectivity index (χ0) is 13.8. The molecule has 0 bridgehead atoms. The first-order chi connectivity index (χ1) is 9.08. The lowest BCUT2D eigenvalue weighted by Gasteiger charge is -2.06. The number of aromatic nitrogens is 2. The minimum Gasteiger partial charge on any atom is -0.348 e. The van der Waals surface area contributed by atoms with Gasteiger partial charge in [-0.1, -0.05) is 34.1 Å². The highest BCUT2D eigenvalue weighted by Crippen LogP contribution is 2.15. The fourth-order valence-electron chi connectivity index (χ4n) is 1.49.